The first-order chi connectivity index (χ1) is 8.74. The first-order valence-electron chi connectivity index (χ1n) is 7.01. The molecular weight excluding hydrogens is 264 g/mol. The van der Waals surface area contributed by atoms with Gasteiger partial charge in [-0.25, -0.2) is 12.7 Å². The van der Waals surface area contributed by atoms with Crippen LogP contribution in [0.4, 0.5) is 0 Å². The maximum atomic E-state index is 11.5. The fourth-order valence-corrected chi connectivity index (χ4v) is 3.44. The highest BCUT2D eigenvalue weighted by Gasteiger charge is 2.26. The minimum absolute atomic E-state index is 0.0833. The molecule has 0 spiro atoms. The molecule has 1 fully saturated rings. The molecule has 1 rings (SSSR count). The van der Waals surface area contributed by atoms with Gasteiger partial charge in [0.15, 0.2) is 0 Å². The second-order valence-corrected chi connectivity index (χ2v) is 8.38. The van der Waals surface area contributed by atoms with Crippen LogP contribution in [0.2, 0.25) is 0 Å². The second-order valence-electron chi connectivity index (χ2n) is 6.40. The average molecular weight is 292 g/mol. The van der Waals surface area contributed by atoms with E-state index < -0.39 is 10.0 Å². The molecule has 114 valence electrons. The average Bonchev–Trinajstić information content (AvgIpc) is 2.28. The number of sulfonamides is 1. The fourth-order valence-electron chi connectivity index (χ4n) is 2.50. The first kappa shape index (κ1) is 16.9. The van der Waals surface area contributed by atoms with Crippen LogP contribution in [0.25, 0.3) is 0 Å². The lowest BCUT2D eigenvalue weighted by Gasteiger charge is -2.32. The van der Waals surface area contributed by atoms with E-state index in [1.54, 1.807) is 4.31 Å². The predicted octanol–water partition coefficient (Wildman–Crippen LogP) is 0.656. The Morgan fingerprint density at radius 1 is 1.42 bits per heavy atom. The quantitative estimate of drug-likeness (QED) is 0.723. The van der Waals surface area contributed by atoms with Gasteiger partial charge in [0, 0.05) is 26.2 Å². The summed E-state index contributed by atoms with van der Waals surface area (Å²) in [6.45, 7) is 7.45. The van der Waals surface area contributed by atoms with Crippen LogP contribution in [0.15, 0.2) is 0 Å². The van der Waals surface area contributed by atoms with Gasteiger partial charge in [-0.2, -0.15) is 0 Å². The molecule has 0 aromatic carbocycles. The van der Waals surface area contributed by atoms with Crippen LogP contribution >= 0.6 is 0 Å². The Bertz CT molecular complexity index is 368. The highest BCUT2D eigenvalue weighted by Crippen LogP contribution is 2.20. The summed E-state index contributed by atoms with van der Waals surface area (Å²) in [5.74, 6) is 0.397. The number of rotatable bonds is 7. The predicted molar refractivity (Wildman–Crippen MR) is 77.5 cm³/mol. The van der Waals surface area contributed by atoms with Crippen molar-refractivity contribution in [2.75, 3.05) is 39.0 Å². The summed E-state index contributed by atoms with van der Waals surface area (Å²) >= 11 is 0. The van der Waals surface area contributed by atoms with Crippen molar-refractivity contribution in [1.29, 1.82) is 0 Å². The summed E-state index contributed by atoms with van der Waals surface area (Å²) in [4.78, 5) is 0. The van der Waals surface area contributed by atoms with E-state index >= 15 is 0 Å². The molecule has 19 heavy (non-hydrogen) atoms. The first-order valence-corrected chi connectivity index (χ1v) is 8.86. The summed E-state index contributed by atoms with van der Waals surface area (Å²) in [7, 11) is -3.05. The molecule has 0 bridgehead atoms. The zero-order valence-corrected chi connectivity index (χ0v) is 13.2. The molecule has 0 aromatic heterocycles. The standard InChI is InChI=1S/C13H28N2O3S/c1-13(2,6-8-16)11-14-9-12-5-4-7-15(10-12)19(3,17)18/h12,14,16H,4-11H2,1-3H3. The van der Waals surface area contributed by atoms with E-state index in [4.69, 9.17) is 5.11 Å². The van der Waals surface area contributed by atoms with Gasteiger partial charge in [-0.05, 0) is 37.1 Å². The van der Waals surface area contributed by atoms with Crippen LogP contribution < -0.4 is 5.32 Å². The molecule has 1 saturated heterocycles. The molecule has 2 N–H and O–H groups in total. The highest BCUT2D eigenvalue weighted by molar-refractivity contribution is 7.88. The minimum atomic E-state index is -3.05. The molecule has 1 atom stereocenters. The molecule has 0 aliphatic carbocycles. The molecule has 1 aliphatic rings. The van der Waals surface area contributed by atoms with Crippen LogP contribution in [-0.2, 0) is 10.0 Å². The summed E-state index contributed by atoms with van der Waals surface area (Å²) in [5.41, 5.74) is 0.0833. The number of hydrogen-bond acceptors (Lipinski definition) is 4. The summed E-state index contributed by atoms with van der Waals surface area (Å²) in [6, 6.07) is 0. The zero-order chi connectivity index (χ0) is 14.5. The molecule has 0 saturated carbocycles. The Labute approximate surface area is 117 Å². The lowest BCUT2D eigenvalue weighted by molar-refractivity contribution is 0.199. The number of aliphatic hydroxyl groups is 1. The third kappa shape index (κ3) is 6.21. The van der Waals surface area contributed by atoms with Gasteiger partial charge < -0.3 is 10.4 Å². The van der Waals surface area contributed by atoms with Crippen molar-refractivity contribution in [1.82, 2.24) is 9.62 Å². The van der Waals surface area contributed by atoms with Crippen molar-refractivity contribution in [2.24, 2.45) is 11.3 Å². The smallest absolute Gasteiger partial charge is 0.211 e. The van der Waals surface area contributed by atoms with Crippen LogP contribution in [0.1, 0.15) is 33.1 Å². The van der Waals surface area contributed by atoms with Gasteiger partial charge >= 0.3 is 0 Å². The maximum Gasteiger partial charge on any atom is 0.211 e. The van der Waals surface area contributed by atoms with Gasteiger partial charge in [0.1, 0.15) is 0 Å². The van der Waals surface area contributed by atoms with Crippen LogP contribution in [0.3, 0.4) is 0 Å². The van der Waals surface area contributed by atoms with Crippen molar-refractivity contribution in [3.63, 3.8) is 0 Å². The molecular formula is C13H28N2O3S. The fraction of sp³-hybridized carbons (Fsp3) is 1.00. The molecule has 6 heteroatoms. The topological polar surface area (TPSA) is 69.6 Å². The third-order valence-corrected chi connectivity index (χ3v) is 5.05. The molecule has 0 radical (unpaired) electrons. The monoisotopic (exact) mass is 292 g/mol. The lowest BCUT2D eigenvalue weighted by Crippen LogP contribution is -2.43. The number of aliphatic hydroxyl groups excluding tert-OH is 1. The van der Waals surface area contributed by atoms with E-state index in [0.717, 1.165) is 32.4 Å². The lowest BCUT2D eigenvalue weighted by atomic mass is 9.89. The van der Waals surface area contributed by atoms with Gasteiger partial charge in [0.2, 0.25) is 10.0 Å². The van der Waals surface area contributed by atoms with Crippen molar-refractivity contribution < 1.29 is 13.5 Å². The third-order valence-electron chi connectivity index (χ3n) is 3.78. The van der Waals surface area contributed by atoms with E-state index in [9.17, 15) is 8.42 Å². The normalized spacial score (nSPS) is 22.6. The molecule has 5 nitrogen and oxygen atoms in total. The number of nitrogens with zero attached hydrogens (tertiary/aromatic N) is 1. The van der Waals surface area contributed by atoms with Gasteiger partial charge in [-0.3, -0.25) is 0 Å². The minimum Gasteiger partial charge on any atom is -0.396 e. The number of nitrogens with one attached hydrogen (secondary N) is 1. The van der Waals surface area contributed by atoms with Crippen LogP contribution in [0, 0.1) is 11.3 Å². The SMILES string of the molecule is CC(C)(CCO)CNCC1CCCN(S(C)(=O)=O)C1. The summed E-state index contributed by atoms with van der Waals surface area (Å²) < 4.78 is 24.6. The molecule has 1 heterocycles. The Balaban J connectivity index is 2.34. The largest absolute Gasteiger partial charge is 0.396 e. The van der Waals surface area contributed by atoms with Crippen LogP contribution in [0.5, 0.6) is 0 Å². The second kappa shape index (κ2) is 7.02. The highest BCUT2D eigenvalue weighted by atomic mass is 32.2. The Morgan fingerprint density at radius 3 is 2.68 bits per heavy atom. The van der Waals surface area contributed by atoms with Gasteiger partial charge in [-0.15, -0.1) is 0 Å². The van der Waals surface area contributed by atoms with E-state index in [-0.39, 0.29) is 12.0 Å². The maximum absolute atomic E-state index is 11.5. The Hall–Kier alpha value is -0.170. The summed E-state index contributed by atoms with van der Waals surface area (Å²) in [5, 5.41) is 12.4. The van der Waals surface area contributed by atoms with Gasteiger partial charge in [0.05, 0.1) is 6.26 Å². The molecule has 0 aromatic rings. The molecule has 0 amide bonds. The van der Waals surface area contributed by atoms with Crippen molar-refractivity contribution in [3.8, 4) is 0 Å². The van der Waals surface area contributed by atoms with Crippen molar-refractivity contribution in [2.45, 2.75) is 33.1 Å². The van der Waals surface area contributed by atoms with Crippen LogP contribution in [-0.4, -0.2) is 56.9 Å². The van der Waals surface area contributed by atoms with Crippen molar-refractivity contribution >= 4 is 10.0 Å². The Kier molecular flexibility index (Phi) is 6.23. The number of piperidine rings is 1. The molecule has 1 unspecified atom stereocenters. The van der Waals surface area contributed by atoms with Gasteiger partial charge in [0.25, 0.3) is 0 Å². The van der Waals surface area contributed by atoms with Gasteiger partial charge in [-0.1, -0.05) is 13.8 Å². The summed E-state index contributed by atoms with van der Waals surface area (Å²) in [6.07, 6.45) is 4.09. The van der Waals surface area contributed by atoms with E-state index in [1.165, 1.54) is 6.26 Å². The molecule has 1 aliphatic heterocycles. The zero-order valence-electron chi connectivity index (χ0n) is 12.4. The van der Waals surface area contributed by atoms with Crippen molar-refractivity contribution in [3.05, 3.63) is 0 Å². The number of hydrogen-bond donors (Lipinski definition) is 2. The van der Waals surface area contributed by atoms with E-state index in [2.05, 4.69) is 19.2 Å². The van der Waals surface area contributed by atoms with E-state index in [1.807, 2.05) is 0 Å². The van der Waals surface area contributed by atoms with E-state index in [0.29, 0.717) is 19.0 Å². The Morgan fingerprint density at radius 2 is 2.11 bits per heavy atom.